The van der Waals surface area contributed by atoms with E-state index in [-0.39, 0.29) is 24.2 Å². The number of hydrogen-bond acceptors (Lipinski definition) is 3. The van der Waals surface area contributed by atoms with E-state index >= 15 is 0 Å². The summed E-state index contributed by atoms with van der Waals surface area (Å²) in [7, 11) is 0. The maximum Gasteiger partial charge on any atom is 0.233 e. The number of carbonyl (C=O) groups excluding carboxylic acids is 2. The zero-order chi connectivity index (χ0) is 18.0. The lowest BCUT2D eigenvalue weighted by Gasteiger charge is -2.47. The van der Waals surface area contributed by atoms with Crippen molar-refractivity contribution < 1.29 is 14.7 Å². The summed E-state index contributed by atoms with van der Waals surface area (Å²) in [6.45, 7) is 5.07. The molecule has 0 radical (unpaired) electrons. The number of amides is 2. The lowest BCUT2D eigenvalue weighted by molar-refractivity contribution is -0.144. The molecule has 2 aliphatic rings. The van der Waals surface area contributed by atoms with Gasteiger partial charge < -0.3 is 15.3 Å². The summed E-state index contributed by atoms with van der Waals surface area (Å²) >= 11 is 0. The number of hydrogen-bond donors (Lipinski definition) is 2. The smallest absolute Gasteiger partial charge is 0.233 e. The van der Waals surface area contributed by atoms with Gasteiger partial charge in [-0.05, 0) is 50.3 Å². The number of anilines is 1. The average molecular weight is 344 g/mol. The van der Waals surface area contributed by atoms with E-state index < -0.39 is 5.60 Å². The van der Waals surface area contributed by atoms with Gasteiger partial charge in [0, 0.05) is 24.7 Å². The zero-order valence-electron chi connectivity index (χ0n) is 15.2. The van der Waals surface area contributed by atoms with Crippen LogP contribution in [-0.2, 0) is 9.59 Å². The standard InChI is InChI=1S/C20H28N2O3/c1-14-6-5-8-17(15(14)2)21-18(23)12-19(24)22-11-10-20(25)9-4-3-7-16(20)13-22/h5-6,8,16,25H,3-4,7,9-13H2,1-2H3,(H,21,23)/t16-,20-/m0/s1. The van der Waals surface area contributed by atoms with Crippen molar-refractivity contribution in [2.75, 3.05) is 18.4 Å². The molecule has 0 unspecified atom stereocenters. The Morgan fingerprint density at radius 2 is 2.08 bits per heavy atom. The molecule has 136 valence electrons. The predicted octanol–water partition coefficient (Wildman–Crippen LogP) is 2.79. The minimum absolute atomic E-state index is 0.140. The van der Waals surface area contributed by atoms with Gasteiger partial charge in [0.1, 0.15) is 6.42 Å². The van der Waals surface area contributed by atoms with Gasteiger partial charge in [0.15, 0.2) is 0 Å². The Labute approximate surface area is 149 Å². The fourth-order valence-electron chi connectivity index (χ4n) is 4.13. The van der Waals surface area contributed by atoms with E-state index in [2.05, 4.69) is 5.32 Å². The van der Waals surface area contributed by atoms with Crippen molar-refractivity contribution in [1.29, 1.82) is 0 Å². The van der Waals surface area contributed by atoms with E-state index in [1.54, 1.807) is 4.90 Å². The summed E-state index contributed by atoms with van der Waals surface area (Å²) in [4.78, 5) is 26.5. The Balaban J connectivity index is 1.57. The number of piperidine rings is 1. The molecule has 5 heteroatoms. The van der Waals surface area contributed by atoms with Gasteiger partial charge in [0.2, 0.25) is 11.8 Å². The highest BCUT2D eigenvalue weighted by molar-refractivity contribution is 6.03. The second kappa shape index (κ2) is 7.16. The van der Waals surface area contributed by atoms with E-state index in [0.29, 0.717) is 19.5 Å². The van der Waals surface area contributed by atoms with Gasteiger partial charge in [0.25, 0.3) is 0 Å². The van der Waals surface area contributed by atoms with Crippen molar-refractivity contribution in [3.8, 4) is 0 Å². The van der Waals surface area contributed by atoms with Crippen LogP contribution in [-0.4, -0.2) is 40.5 Å². The molecule has 1 saturated heterocycles. The summed E-state index contributed by atoms with van der Waals surface area (Å²) in [6, 6.07) is 5.75. The maximum absolute atomic E-state index is 12.5. The van der Waals surface area contributed by atoms with Crippen LogP contribution in [0.2, 0.25) is 0 Å². The third kappa shape index (κ3) is 3.87. The highest BCUT2D eigenvalue weighted by Crippen LogP contribution is 2.39. The number of aryl methyl sites for hydroxylation is 1. The molecule has 1 aliphatic carbocycles. The minimum atomic E-state index is -0.601. The van der Waals surface area contributed by atoms with Crippen LogP contribution in [0.15, 0.2) is 18.2 Å². The van der Waals surface area contributed by atoms with Crippen LogP contribution in [0.25, 0.3) is 0 Å². The first-order valence-electron chi connectivity index (χ1n) is 9.25. The van der Waals surface area contributed by atoms with Crippen LogP contribution in [0.5, 0.6) is 0 Å². The second-order valence-electron chi connectivity index (χ2n) is 7.61. The molecule has 1 heterocycles. The lowest BCUT2D eigenvalue weighted by atomic mass is 9.71. The quantitative estimate of drug-likeness (QED) is 0.829. The van der Waals surface area contributed by atoms with Gasteiger partial charge in [-0.15, -0.1) is 0 Å². The van der Waals surface area contributed by atoms with Gasteiger partial charge in [0.05, 0.1) is 5.60 Å². The van der Waals surface area contributed by atoms with Gasteiger partial charge in [-0.1, -0.05) is 25.0 Å². The van der Waals surface area contributed by atoms with Crippen LogP contribution in [0, 0.1) is 19.8 Å². The monoisotopic (exact) mass is 344 g/mol. The third-order valence-electron chi connectivity index (χ3n) is 5.97. The highest BCUT2D eigenvalue weighted by Gasteiger charge is 2.43. The van der Waals surface area contributed by atoms with Crippen LogP contribution in [0.3, 0.4) is 0 Å². The molecule has 1 aromatic carbocycles. The normalized spacial score (nSPS) is 26.0. The number of likely N-dealkylation sites (tertiary alicyclic amines) is 1. The molecular weight excluding hydrogens is 316 g/mol. The van der Waals surface area contributed by atoms with Gasteiger partial charge in [-0.3, -0.25) is 9.59 Å². The van der Waals surface area contributed by atoms with E-state index in [9.17, 15) is 14.7 Å². The summed E-state index contributed by atoms with van der Waals surface area (Å²) < 4.78 is 0. The molecule has 0 spiro atoms. The Morgan fingerprint density at radius 3 is 2.88 bits per heavy atom. The van der Waals surface area contributed by atoms with Gasteiger partial charge in [-0.25, -0.2) is 0 Å². The fourth-order valence-corrected chi connectivity index (χ4v) is 4.13. The first-order valence-corrected chi connectivity index (χ1v) is 9.25. The van der Waals surface area contributed by atoms with Gasteiger partial charge in [-0.2, -0.15) is 0 Å². The number of fused-ring (bicyclic) bond motifs is 1. The first-order chi connectivity index (χ1) is 11.9. The van der Waals surface area contributed by atoms with E-state index in [4.69, 9.17) is 0 Å². The summed E-state index contributed by atoms with van der Waals surface area (Å²) in [6.07, 6.45) is 4.48. The van der Waals surface area contributed by atoms with Crippen LogP contribution >= 0.6 is 0 Å². The topological polar surface area (TPSA) is 69.6 Å². The predicted molar refractivity (Wildman–Crippen MR) is 97.3 cm³/mol. The Hall–Kier alpha value is -1.88. The van der Waals surface area contributed by atoms with Crippen molar-refractivity contribution in [2.24, 2.45) is 5.92 Å². The molecule has 5 nitrogen and oxygen atoms in total. The number of rotatable bonds is 3. The molecule has 1 aromatic rings. The molecule has 0 aromatic heterocycles. The number of benzene rings is 1. The van der Waals surface area contributed by atoms with Crippen molar-refractivity contribution >= 4 is 17.5 Å². The van der Waals surface area contributed by atoms with Crippen molar-refractivity contribution in [3.05, 3.63) is 29.3 Å². The van der Waals surface area contributed by atoms with Crippen molar-refractivity contribution in [3.63, 3.8) is 0 Å². The summed E-state index contributed by atoms with van der Waals surface area (Å²) in [5, 5.41) is 13.6. The molecule has 2 amide bonds. The number of aliphatic hydroxyl groups is 1. The van der Waals surface area contributed by atoms with E-state index in [1.807, 2.05) is 32.0 Å². The molecular formula is C20H28N2O3. The van der Waals surface area contributed by atoms with Crippen molar-refractivity contribution in [2.45, 2.75) is 58.0 Å². The van der Waals surface area contributed by atoms with Crippen LogP contribution in [0.1, 0.15) is 49.7 Å². The third-order valence-corrected chi connectivity index (χ3v) is 5.97. The van der Waals surface area contributed by atoms with Crippen LogP contribution in [0.4, 0.5) is 5.69 Å². The number of nitrogens with zero attached hydrogens (tertiary/aromatic N) is 1. The average Bonchev–Trinajstić information content (AvgIpc) is 2.58. The Kier molecular flexibility index (Phi) is 5.13. The first kappa shape index (κ1) is 17.9. The fraction of sp³-hybridized carbons (Fsp3) is 0.600. The minimum Gasteiger partial charge on any atom is -0.389 e. The Morgan fingerprint density at radius 1 is 1.28 bits per heavy atom. The molecule has 25 heavy (non-hydrogen) atoms. The summed E-state index contributed by atoms with van der Waals surface area (Å²) in [5.41, 5.74) is 2.29. The molecule has 2 N–H and O–H groups in total. The van der Waals surface area contributed by atoms with Crippen LogP contribution < -0.4 is 5.32 Å². The van der Waals surface area contributed by atoms with E-state index in [1.165, 1.54) is 0 Å². The largest absolute Gasteiger partial charge is 0.389 e. The van der Waals surface area contributed by atoms with Gasteiger partial charge >= 0.3 is 0 Å². The zero-order valence-corrected chi connectivity index (χ0v) is 15.2. The molecule has 2 atom stereocenters. The maximum atomic E-state index is 12.5. The highest BCUT2D eigenvalue weighted by atomic mass is 16.3. The summed E-state index contributed by atoms with van der Waals surface area (Å²) in [5.74, 6) is -0.264. The number of nitrogens with one attached hydrogen (secondary N) is 1. The SMILES string of the molecule is Cc1cccc(NC(=O)CC(=O)N2CC[C@@]3(O)CCCC[C@H]3C2)c1C. The molecule has 1 aliphatic heterocycles. The second-order valence-corrected chi connectivity index (χ2v) is 7.61. The van der Waals surface area contributed by atoms with E-state index in [0.717, 1.165) is 42.5 Å². The molecule has 3 rings (SSSR count). The van der Waals surface area contributed by atoms with Crippen molar-refractivity contribution in [1.82, 2.24) is 4.90 Å². The number of carbonyl (C=O) groups is 2. The lowest BCUT2D eigenvalue weighted by Crippen LogP contribution is -2.54. The Bertz CT molecular complexity index is 673. The molecule has 2 fully saturated rings. The molecule has 0 bridgehead atoms. The molecule has 1 saturated carbocycles.